The first-order valence-electron chi connectivity index (χ1n) is 4.56. The molecule has 0 saturated heterocycles. The predicted molar refractivity (Wildman–Crippen MR) is 50.3 cm³/mol. The van der Waals surface area contributed by atoms with Gasteiger partial charge in [-0.25, -0.2) is 0 Å². The fourth-order valence-electron chi connectivity index (χ4n) is 1.08. The van der Waals surface area contributed by atoms with Gasteiger partial charge < -0.3 is 14.6 Å². The zero-order valence-corrected chi connectivity index (χ0v) is 7.83. The minimum Gasteiger partial charge on any atom is -0.493 e. The van der Waals surface area contributed by atoms with Crippen molar-refractivity contribution in [3.63, 3.8) is 0 Å². The van der Waals surface area contributed by atoms with Gasteiger partial charge in [0.1, 0.15) is 0 Å². The van der Waals surface area contributed by atoms with Crippen molar-refractivity contribution in [1.29, 1.82) is 0 Å². The van der Waals surface area contributed by atoms with Crippen LogP contribution in [0.4, 0.5) is 0 Å². The van der Waals surface area contributed by atoms with Crippen molar-refractivity contribution in [2.24, 2.45) is 0 Å². The first-order chi connectivity index (χ1) is 6.74. The minimum absolute atomic E-state index is 0.0291. The molecular weight excluding hydrogens is 168 g/mol. The summed E-state index contributed by atoms with van der Waals surface area (Å²) >= 11 is 0. The molecule has 0 unspecified atom stereocenters. The maximum atomic E-state index is 8.78. The number of aliphatic hydroxyl groups excluding tert-OH is 1. The highest BCUT2D eigenvalue weighted by molar-refractivity contribution is 5.42. The third-order valence-electron chi connectivity index (χ3n) is 1.74. The van der Waals surface area contributed by atoms with Crippen molar-refractivity contribution in [1.82, 2.24) is 0 Å². The second kappa shape index (κ2) is 4.72. The molecule has 3 nitrogen and oxygen atoms in total. The zero-order chi connectivity index (χ0) is 10.6. The van der Waals surface area contributed by atoms with E-state index < -0.39 is 0 Å². The Morgan fingerprint density at radius 3 is 2.54 bits per heavy atom. The average Bonchev–Trinajstić information content (AvgIpc) is 2.21. The largest absolute Gasteiger partial charge is 0.493 e. The lowest BCUT2D eigenvalue weighted by molar-refractivity contribution is 0.299. The number of methoxy groups -OCH3 is 2. The molecule has 0 aliphatic rings. The molecule has 72 valence electrons. The lowest BCUT2D eigenvalue weighted by atomic mass is 10.1. The van der Waals surface area contributed by atoms with Crippen LogP contribution in [0.2, 0.25) is 0 Å². The summed E-state index contributed by atoms with van der Waals surface area (Å²) in [5, 5.41) is 8.78. The van der Waals surface area contributed by atoms with Crippen LogP contribution >= 0.6 is 0 Å². The minimum atomic E-state index is 0.0291. The molecule has 0 saturated carbocycles. The first kappa shape index (κ1) is 8.38. The monoisotopic (exact) mass is 183 g/mol. The summed E-state index contributed by atoms with van der Waals surface area (Å²) in [6.45, 7) is 0.0291. The Kier molecular flexibility index (Phi) is 3.04. The molecule has 0 aromatic heterocycles. The van der Waals surface area contributed by atoms with E-state index in [0.717, 1.165) is 5.56 Å². The van der Waals surface area contributed by atoms with Crippen LogP contribution in [0.1, 0.15) is 6.93 Å². The number of ether oxygens (including phenoxy) is 2. The first-order valence-corrected chi connectivity index (χ1v) is 4.06. The predicted octanol–water partition coefficient (Wildman–Crippen LogP) is 1.24. The molecule has 0 spiro atoms. The summed E-state index contributed by atoms with van der Waals surface area (Å²) in [5.41, 5.74) is 0.755. The number of aliphatic hydroxyl groups is 1. The topological polar surface area (TPSA) is 38.7 Å². The molecule has 0 bridgehead atoms. The number of benzene rings is 1. The molecule has 0 atom stereocenters. The van der Waals surface area contributed by atoms with Crippen molar-refractivity contribution < 1.29 is 16.0 Å². The summed E-state index contributed by atoms with van der Waals surface area (Å²) in [6, 6.07) is 3.78. The lowest BCUT2D eigenvalue weighted by Crippen LogP contribution is -1.94. The van der Waals surface area contributed by atoms with E-state index in [9.17, 15) is 0 Å². The van der Waals surface area contributed by atoms with Gasteiger partial charge in [-0.1, -0.05) is 6.07 Å². The van der Waals surface area contributed by atoms with Crippen molar-refractivity contribution in [3.8, 4) is 11.5 Å². The van der Waals surface area contributed by atoms with Crippen LogP contribution in [0.3, 0.4) is 0 Å². The van der Waals surface area contributed by atoms with E-state index in [1.807, 2.05) is 0 Å². The normalized spacial score (nSPS) is 10.8. The average molecular weight is 183 g/mol. The van der Waals surface area contributed by atoms with Gasteiger partial charge in [0.2, 0.25) is 0 Å². The Hall–Kier alpha value is -1.22. The second-order valence-electron chi connectivity index (χ2n) is 2.56. The Labute approximate surface area is 79.3 Å². The van der Waals surface area contributed by atoms with Crippen molar-refractivity contribution in [2.75, 3.05) is 20.8 Å². The smallest absolute Gasteiger partial charge is 0.160 e. The summed E-state index contributed by atoms with van der Waals surface area (Å²) < 4.78 is 17.9. The summed E-state index contributed by atoms with van der Waals surface area (Å²) in [4.78, 5) is 0. The molecular formula is C10H14O3. The Morgan fingerprint density at radius 1 is 1.31 bits per heavy atom. The zero-order valence-electron chi connectivity index (χ0n) is 8.83. The molecule has 0 aliphatic carbocycles. The highest BCUT2D eigenvalue weighted by Crippen LogP contribution is 2.27. The van der Waals surface area contributed by atoms with Crippen LogP contribution in [0.15, 0.2) is 18.2 Å². The molecule has 0 fully saturated rings. The van der Waals surface area contributed by atoms with E-state index in [2.05, 4.69) is 0 Å². The molecule has 1 rings (SSSR count). The Bertz CT molecular complexity index is 312. The van der Waals surface area contributed by atoms with E-state index in [1.165, 1.54) is 14.2 Å². The summed E-state index contributed by atoms with van der Waals surface area (Å²) in [5.74, 6) is 0.956. The summed E-state index contributed by atoms with van der Waals surface area (Å²) in [7, 11) is 3.03. The SMILES string of the molecule is [2H]c1c(CCO)ccc(OC)c1OC. The number of rotatable bonds is 4. The van der Waals surface area contributed by atoms with E-state index in [4.69, 9.17) is 16.0 Å². The molecule has 13 heavy (non-hydrogen) atoms. The quantitative estimate of drug-likeness (QED) is 0.763. The summed E-state index contributed by atoms with van der Waals surface area (Å²) in [6.07, 6.45) is 0.458. The van der Waals surface area contributed by atoms with E-state index in [1.54, 1.807) is 12.1 Å². The van der Waals surface area contributed by atoms with Crippen LogP contribution in [-0.4, -0.2) is 25.9 Å². The molecule has 0 amide bonds. The maximum absolute atomic E-state index is 8.78. The van der Waals surface area contributed by atoms with Gasteiger partial charge in [-0.3, -0.25) is 0 Å². The lowest BCUT2D eigenvalue weighted by Gasteiger charge is -2.08. The van der Waals surface area contributed by atoms with Gasteiger partial charge in [-0.2, -0.15) is 0 Å². The van der Waals surface area contributed by atoms with Crippen LogP contribution in [0.5, 0.6) is 11.5 Å². The van der Waals surface area contributed by atoms with Crippen molar-refractivity contribution in [3.05, 3.63) is 23.7 Å². The van der Waals surface area contributed by atoms with Gasteiger partial charge in [-0.05, 0) is 24.1 Å². The van der Waals surface area contributed by atoms with Gasteiger partial charge in [0.15, 0.2) is 11.5 Å². The van der Waals surface area contributed by atoms with Crippen LogP contribution < -0.4 is 9.47 Å². The van der Waals surface area contributed by atoms with Gasteiger partial charge in [0, 0.05) is 6.61 Å². The molecule has 3 heteroatoms. The molecule has 0 radical (unpaired) electrons. The molecule has 0 heterocycles. The van der Waals surface area contributed by atoms with Crippen molar-refractivity contribution in [2.45, 2.75) is 6.42 Å². The third-order valence-corrected chi connectivity index (χ3v) is 1.74. The van der Waals surface area contributed by atoms with E-state index in [-0.39, 0.29) is 12.6 Å². The fraction of sp³-hybridized carbons (Fsp3) is 0.400. The fourth-order valence-corrected chi connectivity index (χ4v) is 1.08. The van der Waals surface area contributed by atoms with Crippen LogP contribution in [-0.2, 0) is 6.42 Å². The Morgan fingerprint density at radius 2 is 2.00 bits per heavy atom. The number of hydrogen-bond donors (Lipinski definition) is 1. The van der Waals surface area contributed by atoms with Crippen LogP contribution in [0, 0.1) is 0 Å². The third kappa shape index (κ3) is 2.36. The van der Waals surface area contributed by atoms with Gasteiger partial charge in [-0.15, -0.1) is 0 Å². The molecule has 1 aromatic carbocycles. The maximum Gasteiger partial charge on any atom is 0.160 e. The number of hydrogen-bond acceptors (Lipinski definition) is 3. The Balaban J connectivity index is 3.13. The van der Waals surface area contributed by atoms with Gasteiger partial charge in [0.25, 0.3) is 0 Å². The van der Waals surface area contributed by atoms with Crippen molar-refractivity contribution >= 4 is 0 Å². The highest BCUT2D eigenvalue weighted by atomic mass is 16.5. The molecule has 0 aliphatic heterocycles. The highest BCUT2D eigenvalue weighted by Gasteiger charge is 2.03. The second-order valence-corrected chi connectivity index (χ2v) is 2.56. The van der Waals surface area contributed by atoms with E-state index >= 15 is 0 Å². The van der Waals surface area contributed by atoms with Gasteiger partial charge >= 0.3 is 0 Å². The van der Waals surface area contributed by atoms with Gasteiger partial charge in [0.05, 0.1) is 15.6 Å². The molecule has 1 N–H and O–H groups in total. The standard InChI is InChI=1S/C10H14O3/c1-12-9-4-3-8(5-6-11)7-10(9)13-2/h3-4,7,11H,5-6H2,1-2H3/i7D. The van der Waals surface area contributed by atoms with Crippen LogP contribution in [0.25, 0.3) is 0 Å². The van der Waals surface area contributed by atoms with E-state index in [0.29, 0.717) is 17.9 Å². The molecule has 1 aromatic rings.